The molecule has 2 nitrogen and oxygen atoms in total. The molecule has 15 heavy (non-hydrogen) atoms. The van der Waals surface area contributed by atoms with Gasteiger partial charge in [-0.3, -0.25) is 0 Å². The first-order valence-electron chi connectivity index (χ1n) is 6.60. The van der Waals surface area contributed by atoms with Gasteiger partial charge in [-0.25, -0.2) is 0 Å². The third kappa shape index (κ3) is 5.53. The van der Waals surface area contributed by atoms with Crippen molar-refractivity contribution in [1.82, 2.24) is 9.80 Å². The summed E-state index contributed by atoms with van der Waals surface area (Å²) in [5, 5.41) is 0. The minimum Gasteiger partial charge on any atom is -0.301 e. The van der Waals surface area contributed by atoms with Crippen molar-refractivity contribution in [2.24, 2.45) is 0 Å². The van der Waals surface area contributed by atoms with Crippen LogP contribution in [0.15, 0.2) is 0 Å². The van der Waals surface area contributed by atoms with Crippen molar-refractivity contribution in [2.75, 3.05) is 39.3 Å². The van der Waals surface area contributed by atoms with Crippen LogP contribution in [0.5, 0.6) is 0 Å². The van der Waals surface area contributed by atoms with E-state index in [0.717, 1.165) is 6.42 Å². The van der Waals surface area contributed by atoms with Crippen molar-refractivity contribution < 1.29 is 0 Å². The standard InChI is InChI=1S/C13H27N2/c1-3-5-7-9-15-12-10-14(11-13-15)8-6-4-2/h2-13H2,1H3. The van der Waals surface area contributed by atoms with Crippen molar-refractivity contribution in [3.63, 3.8) is 0 Å². The third-order valence-electron chi connectivity index (χ3n) is 3.27. The molecule has 1 radical (unpaired) electrons. The van der Waals surface area contributed by atoms with Gasteiger partial charge in [0, 0.05) is 26.2 Å². The van der Waals surface area contributed by atoms with E-state index in [9.17, 15) is 0 Å². The summed E-state index contributed by atoms with van der Waals surface area (Å²) in [6.45, 7) is 13.8. The van der Waals surface area contributed by atoms with E-state index in [4.69, 9.17) is 0 Å². The summed E-state index contributed by atoms with van der Waals surface area (Å²) in [7, 11) is 0. The number of unbranched alkanes of at least 4 members (excludes halogenated alkanes) is 3. The normalized spacial score (nSPS) is 19.6. The lowest BCUT2D eigenvalue weighted by atomic mass is 10.2. The molecule has 0 aromatic rings. The van der Waals surface area contributed by atoms with E-state index >= 15 is 0 Å². The SMILES string of the molecule is [CH2]CCCN1CCN(CCCCC)CC1. The first-order valence-corrected chi connectivity index (χ1v) is 6.60. The molecule has 0 aromatic heterocycles. The molecule has 1 aliphatic rings. The molecule has 1 rings (SSSR count). The van der Waals surface area contributed by atoms with Crippen LogP contribution in [-0.4, -0.2) is 49.1 Å². The van der Waals surface area contributed by atoms with Crippen LogP contribution in [-0.2, 0) is 0 Å². The second kappa shape index (κ2) is 8.12. The molecule has 0 aromatic carbocycles. The Morgan fingerprint density at radius 1 is 0.867 bits per heavy atom. The highest BCUT2D eigenvalue weighted by Crippen LogP contribution is 2.05. The number of hydrogen-bond donors (Lipinski definition) is 0. The van der Waals surface area contributed by atoms with Gasteiger partial charge in [-0.05, 0) is 25.9 Å². The molecule has 0 aliphatic carbocycles. The van der Waals surface area contributed by atoms with Gasteiger partial charge in [0.2, 0.25) is 0 Å². The second-order valence-electron chi connectivity index (χ2n) is 4.60. The number of nitrogens with zero attached hydrogens (tertiary/aromatic N) is 2. The van der Waals surface area contributed by atoms with E-state index in [2.05, 4.69) is 23.6 Å². The predicted octanol–water partition coefficient (Wildman–Crippen LogP) is 2.41. The van der Waals surface area contributed by atoms with E-state index in [1.807, 2.05) is 0 Å². The van der Waals surface area contributed by atoms with Crippen molar-refractivity contribution >= 4 is 0 Å². The van der Waals surface area contributed by atoms with Gasteiger partial charge in [-0.1, -0.05) is 33.1 Å². The summed E-state index contributed by atoms with van der Waals surface area (Å²) in [4.78, 5) is 5.21. The van der Waals surface area contributed by atoms with Crippen LogP contribution in [0.3, 0.4) is 0 Å². The lowest BCUT2D eigenvalue weighted by molar-refractivity contribution is 0.130. The summed E-state index contributed by atoms with van der Waals surface area (Å²) < 4.78 is 0. The van der Waals surface area contributed by atoms with Gasteiger partial charge in [0.05, 0.1) is 0 Å². The minimum atomic E-state index is 1.08. The molecule has 1 fully saturated rings. The molecule has 1 saturated heterocycles. The first kappa shape index (κ1) is 13.0. The summed E-state index contributed by atoms with van der Waals surface area (Å²) >= 11 is 0. The van der Waals surface area contributed by atoms with Gasteiger partial charge >= 0.3 is 0 Å². The molecule has 0 N–H and O–H groups in total. The van der Waals surface area contributed by atoms with Crippen molar-refractivity contribution in [1.29, 1.82) is 0 Å². The Balaban J connectivity index is 2.02. The maximum atomic E-state index is 3.90. The zero-order valence-electron chi connectivity index (χ0n) is 10.4. The average Bonchev–Trinajstić information content (AvgIpc) is 2.28. The van der Waals surface area contributed by atoms with Gasteiger partial charge in [0.1, 0.15) is 0 Å². The van der Waals surface area contributed by atoms with Crippen LogP contribution in [0, 0.1) is 6.92 Å². The minimum absolute atomic E-state index is 1.08. The first-order chi connectivity index (χ1) is 7.36. The van der Waals surface area contributed by atoms with Crippen LogP contribution < -0.4 is 0 Å². The predicted molar refractivity (Wildman–Crippen MR) is 67.0 cm³/mol. The highest BCUT2D eigenvalue weighted by atomic mass is 15.3. The number of hydrogen-bond acceptors (Lipinski definition) is 2. The van der Waals surface area contributed by atoms with Gasteiger partial charge < -0.3 is 9.80 Å². The lowest BCUT2D eigenvalue weighted by Crippen LogP contribution is -2.46. The van der Waals surface area contributed by atoms with E-state index in [1.54, 1.807) is 0 Å². The van der Waals surface area contributed by atoms with E-state index in [1.165, 1.54) is 65.0 Å². The molecule has 0 saturated carbocycles. The maximum Gasteiger partial charge on any atom is 0.0110 e. The summed E-state index contributed by atoms with van der Waals surface area (Å²) in [6.07, 6.45) is 6.45. The molecule has 1 heterocycles. The zero-order valence-corrected chi connectivity index (χ0v) is 10.4. The van der Waals surface area contributed by atoms with Crippen molar-refractivity contribution in [2.45, 2.75) is 39.0 Å². The second-order valence-corrected chi connectivity index (χ2v) is 4.60. The Morgan fingerprint density at radius 2 is 1.40 bits per heavy atom. The van der Waals surface area contributed by atoms with Gasteiger partial charge in [-0.15, -0.1) is 0 Å². The van der Waals surface area contributed by atoms with Gasteiger partial charge in [0.15, 0.2) is 0 Å². The Labute approximate surface area is 95.6 Å². The highest BCUT2D eigenvalue weighted by molar-refractivity contribution is 4.71. The molecule has 0 bridgehead atoms. The van der Waals surface area contributed by atoms with Gasteiger partial charge in [-0.2, -0.15) is 0 Å². The molecule has 1 aliphatic heterocycles. The largest absolute Gasteiger partial charge is 0.301 e. The number of piperazine rings is 1. The Bertz CT molecular complexity index is 139. The zero-order chi connectivity index (χ0) is 10.9. The molecular formula is C13H27N2. The molecule has 0 unspecified atom stereocenters. The van der Waals surface area contributed by atoms with E-state index in [0.29, 0.717) is 0 Å². The highest BCUT2D eigenvalue weighted by Gasteiger charge is 2.15. The molecule has 2 heteroatoms. The lowest BCUT2D eigenvalue weighted by Gasteiger charge is -2.34. The molecule has 0 atom stereocenters. The van der Waals surface area contributed by atoms with Gasteiger partial charge in [0.25, 0.3) is 0 Å². The van der Waals surface area contributed by atoms with E-state index in [-0.39, 0.29) is 0 Å². The summed E-state index contributed by atoms with van der Waals surface area (Å²) in [5.74, 6) is 0. The van der Waals surface area contributed by atoms with Crippen LogP contribution >= 0.6 is 0 Å². The Morgan fingerprint density at radius 3 is 1.87 bits per heavy atom. The summed E-state index contributed by atoms with van der Waals surface area (Å²) in [6, 6.07) is 0. The van der Waals surface area contributed by atoms with Crippen LogP contribution in [0.1, 0.15) is 39.0 Å². The fourth-order valence-electron chi connectivity index (χ4n) is 2.16. The Hall–Kier alpha value is -0.0800. The van der Waals surface area contributed by atoms with E-state index < -0.39 is 0 Å². The monoisotopic (exact) mass is 211 g/mol. The summed E-state index contributed by atoms with van der Waals surface area (Å²) in [5.41, 5.74) is 0. The van der Waals surface area contributed by atoms with Crippen LogP contribution in [0.25, 0.3) is 0 Å². The average molecular weight is 211 g/mol. The quantitative estimate of drug-likeness (QED) is 0.597. The third-order valence-corrected chi connectivity index (χ3v) is 3.27. The fourth-order valence-corrected chi connectivity index (χ4v) is 2.16. The maximum absolute atomic E-state index is 3.90. The topological polar surface area (TPSA) is 6.48 Å². The Kier molecular flexibility index (Phi) is 7.03. The number of rotatable bonds is 7. The molecular weight excluding hydrogens is 184 g/mol. The fraction of sp³-hybridized carbons (Fsp3) is 0.923. The molecule has 0 spiro atoms. The molecule has 0 amide bonds. The smallest absolute Gasteiger partial charge is 0.0110 e. The van der Waals surface area contributed by atoms with Crippen LogP contribution in [0.2, 0.25) is 0 Å². The molecule has 89 valence electrons. The van der Waals surface area contributed by atoms with Crippen molar-refractivity contribution in [3.05, 3.63) is 6.92 Å². The van der Waals surface area contributed by atoms with Crippen LogP contribution in [0.4, 0.5) is 0 Å². The van der Waals surface area contributed by atoms with Crippen molar-refractivity contribution in [3.8, 4) is 0 Å².